The topological polar surface area (TPSA) is 67.8 Å². The minimum absolute atomic E-state index is 0. The molecule has 1 aromatic carbocycles. The second-order valence-electron chi connectivity index (χ2n) is 7.96. The first-order valence-electron chi connectivity index (χ1n) is 11.0. The van der Waals surface area contributed by atoms with Gasteiger partial charge in [-0.1, -0.05) is 6.07 Å². The smallest absolute Gasteiger partial charge is 0.195 e. The van der Waals surface area contributed by atoms with E-state index >= 15 is 0 Å². The molecule has 1 fully saturated rings. The van der Waals surface area contributed by atoms with E-state index in [9.17, 15) is 0 Å². The number of rotatable bonds is 12. The van der Waals surface area contributed by atoms with Crippen molar-refractivity contribution in [1.82, 2.24) is 10.3 Å². The third-order valence-corrected chi connectivity index (χ3v) is 4.68. The quantitative estimate of drug-likeness (QED) is 0.174. The number of anilines is 1. The monoisotopic (exact) mass is 538 g/mol. The van der Waals surface area contributed by atoms with Crippen LogP contribution in [0.2, 0.25) is 0 Å². The van der Waals surface area contributed by atoms with Gasteiger partial charge in [0.25, 0.3) is 0 Å². The number of hydrogen-bond acceptors (Lipinski definition) is 4. The van der Waals surface area contributed by atoms with Gasteiger partial charge in [0.15, 0.2) is 5.96 Å². The second-order valence-corrected chi connectivity index (χ2v) is 7.96. The van der Waals surface area contributed by atoms with Crippen molar-refractivity contribution in [2.24, 2.45) is 10.9 Å². The number of hydrogen-bond donors (Lipinski definition) is 2. The molecular weight excluding hydrogens is 503 g/mol. The molecule has 0 atom stereocenters. The maximum atomic E-state index is 5.72. The highest BCUT2D eigenvalue weighted by Crippen LogP contribution is 2.28. The van der Waals surface area contributed by atoms with Crippen molar-refractivity contribution in [2.45, 2.75) is 45.6 Å². The molecule has 0 amide bonds. The van der Waals surface area contributed by atoms with E-state index in [-0.39, 0.29) is 30.1 Å². The van der Waals surface area contributed by atoms with Crippen LogP contribution in [0.3, 0.4) is 0 Å². The first kappa shape index (κ1) is 25.4. The van der Waals surface area contributed by atoms with E-state index in [1.54, 1.807) is 6.20 Å². The third kappa shape index (κ3) is 10.8. The van der Waals surface area contributed by atoms with E-state index in [0.717, 1.165) is 62.5 Å². The van der Waals surface area contributed by atoms with Crippen molar-refractivity contribution in [1.29, 1.82) is 0 Å². The standard InChI is InChI=1S/C24H34N4O2.HI/c1-19(2)30-23-10-8-22(9-11-23)28-24(26-14-4-16-29-18-21-6-7-21)27-15-12-20-5-3-13-25-17-20;/h3,5,8-11,13,17,19,21H,4,6-7,12,14-16,18H2,1-2H3,(H2,26,27,28);1H. The zero-order valence-electron chi connectivity index (χ0n) is 18.5. The van der Waals surface area contributed by atoms with E-state index in [2.05, 4.69) is 21.7 Å². The lowest BCUT2D eigenvalue weighted by molar-refractivity contribution is 0.123. The summed E-state index contributed by atoms with van der Waals surface area (Å²) in [4.78, 5) is 8.90. The highest BCUT2D eigenvalue weighted by atomic mass is 127. The van der Waals surface area contributed by atoms with Crippen LogP contribution in [0.5, 0.6) is 5.75 Å². The molecule has 6 nitrogen and oxygen atoms in total. The van der Waals surface area contributed by atoms with E-state index < -0.39 is 0 Å². The van der Waals surface area contributed by atoms with E-state index in [4.69, 9.17) is 14.5 Å². The molecule has 1 aliphatic carbocycles. The van der Waals surface area contributed by atoms with Crippen LogP contribution in [-0.2, 0) is 11.2 Å². The van der Waals surface area contributed by atoms with Gasteiger partial charge in [0, 0.05) is 44.4 Å². The van der Waals surface area contributed by atoms with Crippen LogP contribution >= 0.6 is 24.0 Å². The van der Waals surface area contributed by atoms with E-state index in [0.29, 0.717) is 0 Å². The molecule has 0 aliphatic heterocycles. The number of nitrogens with one attached hydrogen (secondary N) is 2. The first-order chi connectivity index (χ1) is 14.7. The molecule has 1 aromatic heterocycles. The van der Waals surface area contributed by atoms with Crippen LogP contribution in [0.1, 0.15) is 38.7 Å². The van der Waals surface area contributed by atoms with Crippen molar-refractivity contribution >= 4 is 35.6 Å². The number of guanidine groups is 1. The lowest BCUT2D eigenvalue weighted by Gasteiger charge is -2.14. The molecular formula is C24H35IN4O2. The Balaban J connectivity index is 0.00000341. The zero-order chi connectivity index (χ0) is 21.0. The molecule has 0 spiro atoms. The Morgan fingerprint density at radius 3 is 2.68 bits per heavy atom. The number of aromatic nitrogens is 1. The number of benzene rings is 1. The predicted octanol–water partition coefficient (Wildman–Crippen LogP) is 4.90. The maximum Gasteiger partial charge on any atom is 0.195 e. The predicted molar refractivity (Wildman–Crippen MR) is 138 cm³/mol. The summed E-state index contributed by atoms with van der Waals surface area (Å²) in [7, 11) is 0. The van der Waals surface area contributed by atoms with Crippen molar-refractivity contribution in [3.8, 4) is 5.75 Å². The van der Waals surface area contributed by atoms with Crippen molar-refractivity contribution in [3.63, 3.8) is 0 Å². The van der Waals surface area contributed by atoms with Crippen LogP contribution in [0.4, 0.5) is 5.69 Å². The fourth-order valence-electron chi connectivity index (χ4n) is 2.93. The molecule has 31 heavy (non-hydrogen) atoms. The molecule has 0 saturated heterocycles. The summed E-state index contributed by atoms with van der Waals surface area (Å²) in [5.41, 5.74) is 2.18. The van der Waals surface area contributed by atoms with Crippen LogP contribution in [0.15, 0.2) is 53.8 Å². The summed E-state index contributed by atoms with van der Waals surface area (Å²) in [6.45, 7) is 7.23. The first-order valence-corrected chi connectivity index (χ1v) is 11.0. The lowest BCUT2D eigenvalue weighted by Crippen LogP contribution is -2.32. The largest absolute Gasteiger partial charge is 0.491 e. The number of nitrogens with zero attached hydrogens (tertiary/aromatic N) is 2. The summed E-state index contributed by atoms with van der Waals surface area (Å²) in [6.07, 6.45) is 8.32. The van der Waals surface area contributed by atoms with Gasteiger partial charge in [0.1, 0.15) is 5.75 Å². The molecule has 2 aromatic rings. The Kier molecular flexibility index (Phi) is 11.7. The second kappa shape index (κ2) is 14.2. The molecule has 1 heterocycles. The number of pyridine rings is 1. The summed E-state index contributed by atoms with van der Waals surface area (Å²) in [6, 6.07) is 12.0. The number of aliphatic imine (C=N–C) groups is 1. The van der Waals surface area contributed by atoms with Gasteiger partial charge in [-0.25, -0.2) is 0 Å². The molecule has 1 saturated carbocycles. The van der Waals surface area contributed by atoms with Gasteiger partial charge in [0.2, 0.25) is 0 Å². The molecule has 3 rings (SSSR count). The molecule has 1 aliphatic rings. The highest BCUT2D eigenvalue weighted by Gasteiger charge is 2.20. The summed E-state index contributed by atoms with van der Waals surface area (Å²) >= 11 is 0. The van der Waals surface area contributed by atoms with Gasteiger partial charge in [0.05, 0.1) is 6.10 Å². The Labute approximate surface area is 203 Å². The average Bonchev–Trinajstić information content (AvgIpc) is 3.56. The van der Waals surface area contributed by atoms with Gasteiger partial charge in [-0.15, -0.1) is 24.0 Å². The fourth-order valence-corrected chi connectivity index (χ4v) is 2.93. The normalized spacial score (nSPS) is 13.6. The van der Waals surface area contributed by atoms with Gasteiger partial charge < -0.3 is 20.1 Å². The Hall–Kier alpha value is -1.87. The van der Waals surface area contributed by atoms with Crippen LogP contribution in [-0.4, -0.2) is 43.4 Å². The van der Waals surface area contributed by atoms with Gasteiger partial charge in [-0.05, 0) is 81.3 Å². The zero-order valence-corrected chi connectivity index (χ0v) is 20.9. The van der Waals surface area contributed by atoms with Crippen molar-refractivity contribution in [3.05, 3.63) is 54.4 Å². The fraction of sp³-hybridized carbons (Fsp3) is 0.500. The van der Waals surface area contributed by atoms with Crippen LogP contribution in [0.25, 0.3) is 0 Å². The summed E-state index contributed by atoms with van der Waals surface area (Å²) in [5, 5.41) is 6.81. The Morgan fingerprint density at radius 1 is 1.19 bits per heavy atom. The molecule has 0 unspecified atom stereocenters. The highest BCUT2D eigenvalue weighted by molar-refractivity contribution is 14.0. The summed E-state index contributed by atoms with van der Waals surface area (Å²) in [5.74, 6) is 2.45. The number of halogens is 1. The van der Waals surface area contributed by atoms with Gasteiger partial charge >= 0.3 is 0 Å². The molecule has 170 valence electrons. The van der Waals surface area contributed by atoms with Gasteiger partial charge in [-0.2, -0.15) is 0 Å². The third-order valence-electron chi connectivity index (χ3n) is 4.68. The SMILES string of the molecule is CC(C)Oc1ccc(NC(=NCCCOCC2CC2)NCCc2cccnc2)cc1.I. The average molecular weight is 538 g/mol. The molecule has 0 bridgehead atoms. The summed E-state index contributed by atoms with van der Waals surface area (Å²) < 4.78 is 11.4. The van der Waals surface area contributed by atoms with E-state index in [1.165, 1.54) is 18.4 Å². The van der Waals surface area contributed by atoms with Crippen LogP contribution < -0.4 is 15.4 Å². The Bertz CT molecular complexity index is 765. The van der Waals surface area contributed by atoms with Crippen LogP contribution in [0, 0.1) is 5.92 Å². The molecule has 0 radical (unpaired) electrons. The van der Waals surface area contributed by atoms with E-state index in [1.807, 2.05) is 50.4 Å². The maximum absolute atomic E-state index is 5.72. The minimum Gasteiger partial charge on any atom is -0.491 e. The lowest BCUT2D eigenvalue weighted by atomic mass is 10.2. The van der Waals surface area contributed by atoms with Crippen molar-refractivity contribution in [2.75, 3.05) is 31.6 Å². The van der Waals surface area contributed by atoms with Crippen molar-refractivity contribution < 1.29 is 9.47 Å². The Morgan fingerprint density at radius 2 is 2.00 bits per heavy atom. The molecule has 2 N–H and O–H groups in total. The molecule has 7 heteroatoms. The number of ether oxygens (including phenoxy) is 2. The minimum atomic E-state index is 0. The van der Waals surface area contributed by atoms with Gasteiger partial charge in [-0.3, -0.25) is 9.98 Å².